The Morgan fingerprint density at radius 3 is 3.00 bits per heavy atom. The Labute approximate surface area is 65.0 Å². The fourth-order valence-corrected chi connectivity index (χ4v) is 1.43. The van der Waals surface area contributed by atoms with Gasteiger partial charge in [0, 0.05) is 30.8 Å². The van der Waals surface area contributed by atoms with Crippen LogP contribution in [0.1, 0.15) is 6.42 Å². The van der Waals surface area contributed by atoms with E-state index < -0.39 is 0 Å². The van der Waals surface area contributed by atoms with Crippen molar-refractivity contribution in [2.75, 3.05) is 19.8 Å². The molecule has 2 rings (SSSR count). The molecular formula is C7H11N3O. The van der Waals surface area contributed by atoms with Gasteiger partial charge >= 0.3 is 0 Å². The van der Waals surface area contributed by atoms with E-state index in [1.54, 1.807) is 0 Å². The SMILES string of the molecule is O=C1NCNC2=C1CNCC2. The largest absolute Gasteiger partial charge is 0.371 e. The lowest BCUT2D eigenvalue weighted by atomic mass is 10.1. The molecule has 4 nitrogen and oxygen atoms in total. The van der Waals surface area contributed by atoms with Gasteiger partial charge in [-0.15, -0.1) is 0 Å². The monoisotopic (exact) mass is 153 g/mol. The van der Waals surface area contributed by atoms with Gasteiger partial charge < -0.3 is 16.0 Å². The van der Waals surface area contributed by atoms with Gasteiger partial charge in [-0.2, -0.15) is 0 Å². The van der Waals surface area contributed by atoms with Crippen molar-refractivity contribution in [3.05, 3.63) is 11.3 Å². The molecular weight excluding hydrogens is 142 g/mol. The molecule has 0 spiro atoms. The van der Waals surface area contributed by atoms with Crippen LogP contribution in [0, 0.1) is 0 Å². The van der Waals surface area contributed by atoms with Crippen molar-refractivity contribution >= 4 is 5.91 Å². The average molecular weight is 153 g/mol. The number of hydrogen-bond acceptors (Lipinski definition) is 3. The number of hydrogen-bond donors (Lipinski definition) is 3. The van der Waals surface area contributed by atoms with Crippen LogP contribution in [0.2, 0.25) is 0 Å². The first kappa shape index (κ1) is 6.67. The molecule has 1 amide bonds. The van der Waals surface area contributed by atoms with Crippen molar-refractivity contribution in [2.45, 2.75) is 6.42 Å². The Kier molecular flexibility index (Phi) is 1.54. The third-order valence-electron chi connectivity index (χ3n) is 2.04. The minimum atomic E-state index is 0.0750. The molecule has 2 heterocycles. The first-order chi connectivity index (χ1) is 5.38. The Morgan fingerprint density at radius 1 is 1.27 bits per heavy atom. The van der Waals surface area contributed by atoms with Crippen LogP contribution in [0.25, 0.3) is 0 Å². The maximum Gasteiger partial charge on any atom is 0.251 e. The molecule has 0 aliphatic carbocycles. The maximum atomic E-state index is 11.2. The molecule has 0 aromatic carbocycles. The average Bonchev–Trinajstić information content (AvgIpc) is 2.06. The van der Waals surface area contributed by atoms with E-state index in [0.717, 1.165) is 24.2 Å². The first-order valence-corrected chi connectivity index (χ1v) is 3.83. The summed E-state index contributed by atoms with van der Waals surface area (Å²) in [7, 11) is 0. The van der Waals surface area contributed by atoms with E-state index in [9.17, 15) is 4.79 Å². The second-order valence-electron chi connectivity index (χ2n) is 2.74. The lowest BCUT2D eigenvalue weighted by Gasteiger charge is -2.26. The van der Waals surface area contributed by atoms with Crippen molar-refractivity contribution in [1.82, 2.24) is 16.0 Å². The number of amides is 1. The highest BCUT2D eigenvalue weighted by atomic mass is 16.2. The highest BCUT2D eigenvalue weighted by Crippen LogP contribution is 2.11. The molecule has 0 radical (unpaired) electrons. The highest BCUT2D eigenvalue weighted by Gasteiger charge is 2.21. The second-order valence-corrected chi connectivity index (χ2v) is 2.74. The number of nitrogens with one attached hydrogen (secondary N) is 3. The van der Waals surface area contributed by atoms with E-state index in [1.165, 1.54) is 0 Å². The minimum absolute atomic E-state index is 0.0750. The summed E-state index contributed by atoms with van der Waals surface area (Å²) >= 11 is 0. The van der Waals surface area contributed by atoms with Crippen LogP contribution < -0.4 is 16.0 Å². The molecule has 0 aromatic rings. The van der Waals surface area contributed by atoms with Crippen molar-refractivity contribution in [2.24, 2.45) is 0 Å². The summed E-state index contributed by atoms with van der Waals surface area (Å²) in [6.07, 6.45) is 0.947. The molecule has 0 saturated heterocycles. The van der Waals surface area contributed by atoms with E-state index in [0.29, 0.717) is 13.2 Å². The molecule has 0 atom stereocenters. The molecule has 2 aliphatic heterocycles. The van der Waals surface area contributed by atoms with Gasteiger partial charge in [0.2, 0.25) is 0 Å². The van der Waals surface area contributed by atoms with Gasteiger partial charge in [-0.1, -0.05) is 0 Å². The highest BCUT2D eigenvalue weighted by molar-refractivity contribution is 5.95. The number of carbonyl (C=O) groups is 1. The van der Waals surface area contributed by atoms with Gasteiger partial charge in [0.15, 0.2) is 0 Å². The summed E-state index contributed by atoms with van der Waals surface area (Å²) < 4.78 is 0. The summed E-state index contributed by atoms with van der Waals surface area (Å²) in [5, 5.41) is 9.05. The molecule has 0 saturated carbocycles. The van der Waals surface area contributed by atoms with Crippen LogP contribution >= 0.6 is 0 Å². The Balaban J connectivity index is 2.27. The van der Waals surface area contributed by atoms with Gasteiger partial charge in [0.25, 0.3) is 5.91 Å². The second kappa shape index (κ2) is 2.54. The Hall–Kier alpha value is -1.03. The van der Waals surface area contributed by atoms with E-state index in [-0.39, 0.29) is 5.91 Å². The first-order valence-electron chi connectivity index (χ1n) is 3.83. The summed E-state index contributed by atoms with van der Waals surface area (Å²) in [6, 6.07) is 0. The number of rotatable bonds is 0. The Morgan fingerprint density at radius 2 is 2.18 bits per heavy atom. The van der Waals surface area contributed by atoms with Crippen LogP contribution in [0.15, 0.2) is 11.3 Å². The molecule has 3 N–H and O–H groups in total. The predicted molar refractivity (Wildman–Crippen MR) is 40.7 cm³/mol. The van der Waals surface area contributed by atoms with Crippen molar-refractivity contribution in [1.29, 1.82) is 0 Å². The number of carbonyl (C=O) groups excluding carboxylic acids is 1. The third-order valence-corrected chi connectivity index (χ3v) is 2.04. The van der Waals surface area contributed by atoms with E-state index in [1.807, 2.05) is 0 Å². The minimum Gasteiger partial charge on any atom is -0.371 e. The molecule has 0 fully saturated rings. The van der Waals surface area contributed by atoms with Gasteiger partial charge in [-0.25, -0.2) is 0 Å². The van der Waals surface area contributed by atoms with E-state index >= 15 is 0 Å². The van der Waals surface area contributed by atoms with Crippen LogP contribution in [0.5, 0.6) is 0 Å². The molecule has 60 valence electrons. The van der Waals surface area contributed by atoms with Gasteiger partial charge in [-0.05, 0) is 0 Å². The normalized spacial score (nSPS) is 23.8. The van der Waals surface area contributed by atoms with Crippen LogP contribution in [-0.4, -0.2) is 25.7 Å². The quantitative estimate of drug-likeness (QED) is 0.414. The van der Waals surface area contributed by atoms with Gasteiger partial charge in [0.1, 0.15) is 0 Å². The van der Waals surface area contributed by atoms with Crippen molar-refractivity contribution in [3.8, 4) is 0 Å². The van der Waals surface area contributed by atoms with Crippen molar-refractivity contribution < 1.29 is 4.79 Å². The summed E-state index contributed by atoms with van der Waals surface area (Å²) in [5.41, 5.74) is 2.00. The molecule has 4 heteroatoms. The van der Waals surface area contributed by atoms with E-state index in [2.05, 4.69) is 16.0 Å². The molecule has 0 bridgehead atoms. The standard InChI is InChI=1S/C7H11N3O/c11-7-5-3-8-2-1-6(5)9-4-10-7/h8-9H,1-4H2,(H,10,11). The third kappa shape index (κ3) is 1.09. The van der Waals surface area contributed by atoms with Crippen LogP contribution in [-0.2, 0) is 4.79 Å². The zero-order valence-corrected chi connectivity index (χ0v) is 6.24. The topological polar surface area (TPSA) is 53.2 Å². The molecule has 11 heavy (non-hydrogen) atoms. The fourth-order valence-electron chi connectivity index (χ4n) is 1.43. The molecule has 0 aromatic heterocycles. The summed E-state index contributed by atoms with van der Waals surface area (Å²) in [4.78, 5) is 11.2. The zero-order chi connectivity index (χ0) is 7.68. The van der Waals surface area contributed by atoms with Crippen molar-refractivity contribution in [3.63, 3.8) is 0 Å². The predicted octanol–water partition coefficient (Wildman–Crippen LogP) is -1.09. The van der Waals surface area contributed by atoms with Gasteiger partial charge in [0.05, 0.1) is 6.67 Å². The lowest BCUT2D eigenvalue weighted by Crippen LogP contribution is -2.46. The summed E-state index contributed by atoms with van der Waals surface area (Å²) in [6.45, 7) is 2.25. The molecule has 0 unspecified atom stereocenters. The summed E-state index contributed by atoms with van der Waals surface area (Å²) in [5.74, 6) is 0.0750. The van der Waals surface area contributed by atoms with E-state index in [4.69, 9.17) is 0 Å². The smallest absolute Gasteiger partial charge is 0.251 e. The fraction of sp³-hybridized carbons (Fsp3) is 0.571. The lowest BCUT2D eigenvalue weighted by molar-refractivity contribution is -0.118. The van der Waals surface area contributed by atoms with Gasteiger partial charge in [-0.3, -0.25) is 4.79 Å². The van der Waals surface area contributed by atoms with Crippen LogP contribution in [0.3, 0.4) is 0 Å². The maximum absolute atomic E-state index is 11.2. The molecule has 2 aliphatic rings. The van der Waals surface area contributed by atoms with Crippen LogP contribution in [0.4, 0.5) is 0 Å². The Bertz CT molecular complexity index is 218. The zero-order valence-electron chi connectivity index (χ0n) is 6.24.